The maximum Gasteiger partial charge on any atom is 0.333 e. The molecule has 0 saturated carbocycles. The molecule has 0 saturated heterocycles. The molecule has 3 rings (SSSR count). The van der Waals surface area contributed by atoms with Gasteiger partial charge in [0.25, 0.3) is 5.91 Å². The number of nitrogens with zero attached hydrogens (tertiary/aromatic N) is 1. The highest BCUT2D eigenvalue weighted by Gasteiger charge is 2.30. The number of ether oxygens (including phenoxy) is 3. The highest BCUT2D eigenvalue weighted by molar-refractivity contribution is 8.93. The number of nitrogens with one attached hydrogen (secondary N) is 2. The van der Waals surface area contributed by atoms with Gasteiger partial charge in [0, 0.05) is 30.3 Å². The van der Waals surface area contributed by atoms with Crippen LogP contribution in [0, 0.1) is 5.41 Å². The first-order chi connectivity index (χ1) is 17.5. The third kappa shape index (κ3) is 6.80. The molecule has 0 unspecified atom stereocenters. The molecule has 0 radical (unpaired) electrons. The van der Waals surface area contributed by atoms with Gasteiger partial charge in [0.05, 0.1) is 38.2 Å². The molecule has 0 aliphatic carbocycles. The average molecular weight is 588 g/mol. The van der Waals surface area contributed by atoms with Gasteiger partial charge in [-0.05, 0) is 48.2 Å². The first-order valence-electron chi connectivity index (χ1n) is 11.9. The minimum atomic E-state index is -0.533. The van der Waals surface area contributed by atoms with Gasteiger partial charge in [0.15, 0.2) is 5.78 Å². The molecule has 2 aromatic rings. The topological polar surface area (TPSA) is 118 Å². The van der Waals surface area contributed by atoms with E-state index in [1.165, 1.54) is 19.4 Å². The summed E-state index contributed by atoms with van der Waals surface area (Å²) < 4.78 is 15.9. The summed E-state index contributed by atoms with van der Waals surface area (Å²) in [5.41, 5.74) is 2.72. The number of rotatable bonds is 9. The van der Waals surface area contributed by atoms with Gasteiger partial charge in [0.1, 0.15) is 17.3 Å². The van der Waals surface area contributed by atoms with Crippen molar-refractivity contribution in [3.8, 4) is 11.5 Å². The Balaban J connectivity index is 0.00000507. The van der Waals surface area contributed by atoms with E-state index in [0.717, 1.165) is 11.1 Å². The number of benzene rings is 2. The summed E-state index contributed by atoms with van der Waals surface area (Å²) in [7, 11) is 2.82. The first-order valence-corrected chi connectivity index (χ1v) is 11.9. The Bertz CT molecular complexity index is 1270. The molecule has 204 valence electrons. The average Bonchev–Trinajstić information content (AvgIpc) is 3.16. The molecular formula is C28H34BrN3O6. The van der Waals surface area contributed by atoms with Crippen LogP contribution in [-0.4, -0.2) is 55.7 Å². The van der Waals surface area contributed by atoms with E-state index in [9.17, 15) is 14.4 Å². The fourth-order valence-corrected chi connectivity index (χ4v) is 4.04. The Labute approximate surface area is 233 Å². The monoisotopic (exact) mass is 587 g/mol. The normalized spacial score (nSPS) is 12.6. The second-order valence-electron chi connectivity index (χ2n) is 9.55. The molecule has 2 N–H and O–H groups in total. The number of methoxy groups -OCH3 is 1. The number of Topliss-reactive ketones (excluding diaryl/α,β-unsaturated/α-hetero) is 1. The second kappa shape index (κ2) is 12.7. The zero-order chi connectivity index (χ0) is 27.3. The highest BCUT2D eigenvalue weighted by Crippen LogP contribution is 2.34. The van der Waals surface area contributed by atoms with Crippen LogP contribution in [0.15, 0.2) is 42.7 Å². The van der Waals surface area contributed by atoms with Gasteiger partial charge >= 0.3 is 5.97 Å². The molecule has 0 aromatic heterocycles. The van der Waals surface area contributed by atoms with Crippen LogP contribution >= 0.6 is 17.0 Å². The van der Waals surface area contributed by atoms with Crippen LogP contribution in [0.1, 0.15) is 65.1 Å². The summed E-state index contributed by atoms with van der Waals surface area (Å²) in [5, 5.41) is 11.2. The van der Waals surface area contributed by atoms with E-state index in [1.54, 1.807) is 42.3 Å². The van der Waals surface area contributed by atoms with Crippen molar-refractivity contribution in [1.82, 2.24) is 10.2 Å². The minimum absolute atomic E-state index is 0. The molecule has 1 amide bonds. The van der Waals surface area contributed by atoms with Gasteiger partial charge in [-0.25, -0.2) is 4.79 Å². The molecule has 38 heavy (non-hydrogen) atoms. The molecular weight excluding hydrogens is 554 g/mol. The summed E-state index contributed by atoms with van der Waals surface area (Å²) >= 11 is 0. The van der Waals surface area contributed by atoms with E-state index in [4.69, 9.17) is 14.9 Å². The molecule has 9 nitrogen and oxygen atoms in total. The number of carbonyl (C=O) groups is 3. The van der Waals surface area contributed by atoms with Crippen LogP contribution in [0.2, 0.25) is 0 Å². The predicted octanol–water partition coefficient (Wildman–Crippen LogP) is 4.41. The summed E-state index contributed by atoms with van der Waals surface area (Å²) in [6, 6.07) is 8.57. The van der Waals surface area contributed by atoms with Crippen molar-refractivity contribution >= 4 is 40.5 Å². The molecule has 1 heterocycles. The van der Waals surface area contributed by atoms with Gasteiger partial charge in [-0.1, -0.05) is 20.8 Å². The molecule has 0 atom stereocenters. The van der Waals surface area contributed by atoms with Crippen molar-refractivity contribution in [2.75, 3.05) is 27.3 Å². The number of amidine groups is 1. The van der Waals surface area contributed by atoms with E-state index in [-0.39, 0.29) is 46.5 Å². The lowest BCUT2D eigenvalue weighted by molar-refractivity contribution is -0.134. The van der Waals surface area contributed by atoms with Crippen LogP contribution in [0.4, 0.5) is 0 Å². The van der Waals surface area contributed by atoms with Gasteiger partial charge in [-0.2, -0.15) is 0 Å². The molecule has 1 aliphatic rings. The van der Waals surface area contributed by atoms with Crippen LogP contribution in [0.25, 0.3) is 0 Å². The third-order valence-electron chi connectivity index (χ3n) is 5.95. The van der Waals surface area contributed by atoms with Gasteiger partial charge < -0.3 is 24.4 Å². The summed E-state index contributed by atoms with van der Waals surface area (Å²) in [5.74, 6) is 0.168. The molecule has 0 bridgehead atoms. The molecule has 10 heteroatoms. The summed E-state index contributed by atoms with van der Waals surface area (Å²) in [6.45, 7) is 8.60. The smallest absolute Gasteiger partial charge is 0.333 e. The fourth-order valence-electron chi connectivity index (χ4n) is 4.04. The van der Waals surface area contributed by atoms with Gasteiger partial charge in [-0.3, -0.25) is 15.0 Å². The maximum absolute atomic E-state index is 13.3. The molecule has 0 fully saturated rings. The van der Waals surface area contributed by atoms with Crippen LogP contribution in [0.3, 0.4) is 0 Å². The van der Waals surface area contributed by atoms with Crippen molar-refractivity contribution in [3.05, 3.63) is 70.5 Å². The van der Waals surface area contributed by atoms with E-state index in [1.807, 2.05) is 27.7 Å². The van der Waals surface area contributed by atoms with Gasteiger partial charge in [0.2, 0.25) is 0 Å². The van der Waals surface area contributed by atoms with E-state index in [0.29, 0.717) is 41.3 Å². The Hall–Kier alpha value is -3.66. The minimum Gasteiger partial charge on any atom is -0.493 e. The lowest BCUT2D eigenvalue weighted by atomic mass is 9.85. The number of esters is 1. The van der Waals surface area contributed by atoms with Crippen molar-refractivity contribution < 1.29 is 28.6 Å². The van der Waals surface area contributed by atoms with E-state index >= 15 is 0 Å². The Morgan fingerprint density at radius 3 is 2.45 bits per heavy atom. The van der Waals surface area contributed by atoms with E-state index in [2.05, 4.69) is 10.1 Å². The number of carbonyl (C=O) groups excluding carboxylic acids is 3. The van der Waals surface area contributed by atoms with Crippen LogP contribution < -0.4 is 14.8 Å². The maximum atomic E-state index is 13.3. The zero-order valence-electron chi connectivity index (χ0n) is 22.5. The van der Waals surface area contributed by atoms with Crippen molar-refractivity contribution in [2.24, 2.45) is 0 Å². The van der Waals surface area contributed by atoms with Crippen LogP contribution in [-0.2, 0) is 21.5 Å². The number of ketones is 1. The Morgan fingerprint density at radius 2 is 1.84 bits per heavy atom. The quantitative estimate of drug-likeness (QED) is 0.193. The van der Waals surface area contributed by atoms with E-state index < -0.39 is 5.97 Å². The zero-order valence-corrected chi connectivity index (χ0v) is 24.2. The summed E-state index contributed by atoms with van der Waals surface area (Å²) in [4.78, 5) is 38.6. The summed E-state index contributed by atoms with van der Waals surface area (Å²) in [6.07, 6.45) is 2.43. The number of fused-ring (bicyclic) bond motifs is 1. The predicted molar refractivity (Wildman–Crippen MR) is 150 cm³/mol. The Morgan fingerprint density at radius 1 is 1.13 bits per heavy atom. The SMILES string of the molecule is Br.CCOc1cc2c(cc1C(=O)NC)C(=N)N(CC(=O)c1ccc(OC=CC(=O)OC)c(C(C)(C)C)c1)C2. The number of amides is 1. The molecule has 0 spiro atoms. The first kappa shape index (κ1) is 30.6. The van der Waals surface area contributed by atoms with Crippen molar-refractivity contribution in [2.45, 2.75) is 39.7 Å². The largest absolute Gasteiger partial charge is 0.493 e. The fraction of sp³-hybridized carbons (Fsp3) is 0.357. The number of halogens is 1. The second-order valence-corrected chi connectivity index (χ2v) is 9.55. The number of hydrogen-bond donors (Lipinski definition) is 2. The van der Waals surface area contributed by atoms with Crippen molar-refractivity contribution in [3.63, 3.8) is 0 Å². The molecule has 2 aromatic carbocycles. The van der Waals surface area contributed by atoms with Gasteiger partial charge in [-0.15, -0.1) is 17.0 Å². The lowest BCUT2D eigenvalue weighted by Gasteiger charge is -2.23. The highest BCUT2D eigenvalue weighted by atomic mass is 79.9. The lowest BCUT2D eigenvalue weighted by Crippen LogP contribution is -2.30. The number of hydrogen-bond acceptors (Lipinski definition) is 7. The standard InChI is InChI=1S/C28H33N3O6.BrH/c1-7-36-24-13-18-15-31(26(29)19(18)14-20(24)27(34)30-5)16-22(32)17-8-9-23(21(12-17)28(2,3)4)37-11-10-25(33)35-6;/h8-14,29H,7,15-16H2,1-6H3,(H,30,34);1H. The molecule has 1 aliphatic heterocycles. The van der Waals surface area contributed by atoms with Crippen LogP contribution in [0.5, 0.6) is 11.5 Å². The Kier molecular flexibility index (Phi) is 10.2. The third-order valence-corrected chi connectivity index (χ3v) is 5.95. The van der Waals surface area contributed by atoms with Crippen molar-refractivity contribution in [1.29, 1.82) is 5.41 Å².